The van der Waals surface area contributed by atoms with Crippen molar-refractivity contribution < 1.29 is 0 Å². The van der Waals surface area contributed by atoms with Gasteiger partial charge in [0, 0.05) is 11.8 Å². The van der Waals surface area contributed by atoms with Gasteiger partial charge < -0.3 is 0 Å². The predicted molar refractivity (Wildman–Crippen MR) is 43.6 cm³/mol. The van der Waals surface area contributed by atoms with Crippen LogP contribution in [0.3, 0.4) is 0 Å². The third-order valence-corrected chi connectivity index (χ3v) is 1.90. The lowest BCUT2D eigenvalue weighted by atomic mass is 10.2. The Kier molecular flexibility index (Phi) is 0.889. The molecule has 0 saturated heterocycles. The molecule has 1 aromatic heterocycles. The maximum absolute atomic E-state index is 4.20. The lowest BCUT2D eigenvalue weighted by Crippen LogP contribution is -1.98. The molecule has 56 valence electrons. The third-order valence-electron chi connectivity index (χ3n) is 1.90. The van der Waals surface area contributed by atoms with Crippen LogP contribution in [0, 0.1) is 0 Å². The molecule has 0 atom stereocenters. The topological polar surface area (TPSA) is 50.0 Å². The highest BCUT2D eigenvalue weighted by molar-refractivity contribution is 6.19. The molecule has 2 aliphatic rings. The van der Waals surface area contributed by atoms with E-state index in [0.717, 1.165) is 22.7 Å². The molecule has 0 aromatic carbocycles. The van der Waals surface area contributed by atoms with Gasteiger partial charge in [-0.2, -0.15) is 0 Å². The van der Waals surface area contributed by atoms with Gasteiger partial charge in [-0.25, -0.2) is 0 Å². The summed E-state index contributed by atoms with van der Waals surface area (Å²) in [7, 11) is 0. The summed E-state index contributed by atoms with van der Waals surface area (Å²) in [4.78, 5) is 4.20. The van der Waals surface area contributed by atoms with Crippen LogP contribution in [0.5, 0.6) is 0 Å². The predicted octanol–water partition coefficient (Wildman–Crippen LogP) is 1.61. The third kappa shape index (κ3) is 0.567. The summed E-state index contributed by atoms with van der Waals surface area (Å²) >= 11 is 0. The van der Waals surface area contributed by atoms with E-state index in [-0.39, 0.29) is 0 Å². The minimum Gasteiger partial charge on any atom is -0.254 e. The molecule has 3 rings (SSSR count). The summed E-state index contributed by atoms with van der Waals surface area (Å²) in [6.07, 6.45) is 3.69. The van der Waals surface area contributed by atoms with Gasteiger partial charge in [-0.1, -0.05) is 6.07 Å². The van der Waals surface area contributed by atoms with E-state index in [1.165, 1.54) is 0 Å². The summed E-state index contributed by atoms with van der Waals surface area (Å²) < 4.78 is 0. The zero-order valence-electron chi connectivity index (χ0n) is 6.10. The van der Waals surface area contributed by atoms with Crippen LogP contribution in [0.25, 0.3) is 6.08 Å². The maximum Gasteiger partial charge on any atom is 0.141 e. The van der Waals surface area contributed by atoms with Gasteiger partial charge in [0.05, 0.1) is 0 Å². The fourth-order valence-corrected chi connectivity index (χ4v) is 1.36. The number of nitrogens with zero attached hydrogens (tertiary/aromatic N) is 4. The van der Waals surface area contributed by atoms with E-state index >= 15 is 0 Å². The molecule has 0 amide bonds. The standard InChI is InChI=1S/C8H4N4/c1-2-5-4-6-8(11-12-10-6)7(5)9-3-1/h1-4H. The number of rotatable bonds is 0. The fraction of sp³-hybridized carbons (Fsp3) is 0. The summed E-state index contributed by atoms with van der Waals surface area (Å²) in [6, 6.07) is 3.89. The summed E-state index contributed by atoms with van der Waals surface area (Å²) in [5, 5.41) is 11.3. The van der Waals surface area contributed by atoms with Crippen molar-refractivity contribution in [1.29, 1.82) is 0 Å². The highest BCUT2D eigenvalue weighted by Gasteiger charge is 2.24. The fourth-order valence-electron chi connectivity index (χ4n) is 1.36. The number of pyridine rings is 1. The van der Waals surface area contributed by atoms with Crippen LogP contribution in [0.2, 0.25) is 0 Å². The molecule has 4 heteroatoms. The molecule has 0 bridgehead atoms. The Morgan fingerprint density at radius 2 is 2.25 bits per heavy atom. The maximum atomic E-state index is 4.20. The first-order chi connectivity index (χ1) is 5.95. The molecule has 1 aliphatic heterocycles. The second-order valence-electron chi connectivity index (χ2n) is 2.61. The van der Waals surface area contributed by atoms with Crippen molar-refractivity contribution >= 4 is 11.8 Å². The van der Waals surface area contributed by atoms with Crippen LogP contribution >= 0.6 is 0 Å². The molecule has 0 spiro atoms. The van der Waals surface area contributed by atoms with Crippen LogP contribution in [0.1, 0.15) is 11.3 Å². The largest absolute Gasteiger partial charge is 0.254 e. The summed E-state index contributed by atoms with van der Waals surface area (Å²) in [5.74, 6) is 0. The van der Waals surface area contributed by atoms with E-state index in [1.54, 1.807) is 6.20 Å². The lowest BCUT2D eigenvalue weighted by molar-refractivity contribution is 1.09. The van der Waals surface area contributed by atoms with Crippen LogP contribution < -0.4 is 0 Å². The van der Waals surface area contributed by atoms with E-state index in [1.807, 2.05) is 18.2 Å². The van der Waals surface area contributed by atoms with Crippen LogP contribution in [-0.4, -0.2) is 10.7 Å². The number of fused-ring (bicyclic) bond motifs is 3. The van der Waals surface area contributed by atoms with E-state index in [9.17, 15) is 0 Å². The van der Waals surface area contributed by atoms with Gasteiger partial charge in [0.25, 0.3) is 0 Å². The van der Waals surface area contributed by atoms with Crippen LogP contribution in [0.15, 0.2) is 39.5 Å². The molecule has 0 saturated carbocycles. The molecule has 1 aliphatic carbocycles. The van der Waals surface area contributed by atoms with Crippen molar-refractivity contribution in [3.05, 3.63) is 35.3 Å². The second kappa shape index (κ2) is 1.85. The second-order valence-corrected chi connectivity index (χ2v) is 2.61. The van der Waals surface area contributed by atoms with Crippen molar-refractivity contribution in [2.24, 2.45) is 15.4 Å². The van der Waals surface area contributed by atoms with Crippen molar-refractivity contribution in [3.8, 4) is 0 Å². The zero-order valence-corrected chi connectivity index (χ0v) is 6.10. The van der Waals surface area contributed by atoms with Crippen molar-refractivity contribution in [2.75, 3.05) is 0 Å². The highest BCUT2D eigenvalue weighted by Crippen LogP contribution is 2.27. The van der Waals surface area contributed by atoms with E-state index in [0.29, 0.717) is 0 Å². The number of hydrogen-bond acceptors (Lipinski definition) is 4. The molecular formula is C8H4N4. The molecular weight excluding hydrogens is 152 g/mol. The average Bonchev–Trinajstić information content (AvgIpc) is 2.62. The highest BCUT2D eigenvalue weighted by atomic mass is 15.4. The van der Waals surface area contributed by atoms with Crippen molar-refractivity contribution in [2.45, 2.75) is 0 Å². The normalized spacial score (nSPS) is 17.0. The number of hydrogen-bond donors (Lipinski definition) is 0. The van der Waals surface area contributed by atoms with Gasteiger partial charge in [-0.05, 0) is 17.4 Å². The molecule has 0 N–H and O–H groups in total. The molecule has 2 heterocycles. The van der Waals surface area contributed by atoms with Gasteiger partial charge >= 0.3 is 0 Å². The van der Waals surface area contributed by atoms with Crippen LogP contribution in [0.4, 0.5) is 0 Å². The Hall–Kier alpha value is -1.84. The molecule has 12 heavy (non-hydrogen) atoms. The van der Waals surface area contributed by atoms with Crippen LogP contribution in [-0.2, 0) is 0 Å². The van der Waals surface area contributed by atoms with Gasteiger partial charge in [-0.15, -0.1) is 10.2 Å². The number of allylic oxidation sites excluding steroid dienone is 1. The van der Waals surface area contributed by atoms with Gasteiger partial charge in [-0.3, -0.25) is 4.98 Å². The molecule has 0 radical (unpaired) electrons. The van der Waals surface area contributed by atoms with Gasteiger partial charge in [0.2, 0.25) is 0 Å². The Bertz CT molecular complexity index is 442. The minimum absolute atomic E-state index is 0.797. The first kappa shape index (κ1) is 5.77. The van der Waals surface area contributed by atoms with Crippen molar-refractivity contribution in [3.63, 3.8) is 0 Å². The lowest BCUT2D eigenvalue weighted by Gasteiger charge is -1.93. The van der Waals surface area contributed by atoms with E-state index < -0.39 is 0 Å². The Morgan fingerprint density at radius 1 is 1.25 bits per heavy atom. The Labute approximate surface area is 68.4 Å². The molecule has 0 fully saturated rings. The molecule has 1 aromatic rings. The molecule has 4 nitrogen and oxygen atoms in total. The first-order valence-electron chi connectivity index (χ1n) is 3.61. The summed E-state index contributed by atoms with van der Waals surface area (Å²) in [6.45, 7) is 0. The summed E-state index contributed by atoms with van der Waals surface area (Å²) in [5.41, 5.74) is 3.58. The Balaban J connectivity index is 2.33. The van der Waals surface area contributed by atoms with E-state index in [4.69, 9.17) is 0 Å². The average molecular weight is 156 g/mol. The molecule has 0 unspecified atom stereocenters. The van der Waals surface area contributed by atoms with Gasteiger partial charge in [0.1, 0.15) is 17.1 Å². The SMILES string of the molecule is C1=C2N=NN=C2c2ncccc21. The first-order valence-corrected chi connectivity index (χ1v) is 3.61. The monoisotopic (exact) mass is 156 g/mol. The zero-order chi connectivity index (χ0) is 7.97. The smallest absolute Gasteiger partial charge is 0.141 e. The minimum atomic E-state index is 0.797. The number of aromatic nitrogens is 1. The quantitative estimate of drug-likeness (QED) is 0.562. The Morgan fingerprint density at radius 3 is 3.25 bits per heavy atom. The van der Waals surface area contributed by atoms with Crippen molar-refractivity contribution in [1.82, 2.24) is 4.98 Å². The van der Waals surface area contributed by atoms with E-state index in [2.05, 4.69) is 20.4 Å². The van der Waals surface area contributed by atoms with Gasteiger partial charge in [0.15, 0.2) is 0 Å².